The lowest BCUT2D eigenvalue weighted by Crippen LogP contribution is -2.47. The second kappa shape index (κ2) is 5.41. The van der Waals surface area contributed by atoms with Crippen LogP contribution in [-0.4, -0.2) is 25.8 Å². The van der Waals surface area contributed by atoms with Crippen LogP contribution < -0.4 is 5.32 Å². The van der Waals surface area contributed by atoms with Crippen molar-refractivity contribution in [2.75, 3.05) is 13.7 Å². The summed E-state index contributed by atoms with van der Waals surface area (Å²) in [6, 6.07) is 7.07. The molecule has 2 nitrogen and oxygen atoms in total. The number of nitrogens with one attached hydrogen (secondary N) is 1. The standard InChI is InChI=1S/C13H18FNO/c1-16-13-3-2-8-15-12(13)9-10-4-6-11(14)7-5-10/h4-7,12-13,15H,2-3,8-9H2,1H3/t12-,13-/m0/s1. The summed E-state index contributed by atoms with van der Waals surface area (Å²) in [7, 11) is 1.76. The topological polar surface area (TPSA) is 21.3 Å². The maximum atomic E-state index is 12.8. The fraction of sp³-hybridized carbons (Fsp3) is 0.538. The second-order valence-electron chi connectivity index (χ2n) is 4.31. The molecule has 3 heteroatoms. The molecule has 0 bridgehead atoms. The van der Waals surface area contributed by atoms with E-state index in [9.17, 15) is 4.39 Å². The Bertz CT molecular complexity index is 325. The van der Waals surface area contributed by atoms with E-state index in [1.807, 2.05) is 12.1 Å². The van der Waals surface area contributed by atoms with Gasteiger partial charge in [-0.3, -0.25) is 0 Å². The Kier molecular flexibility index (Phi) is 3.91. The summed E-state index contributed by atoms with van der Waals surface area (Å²) in [5, 5.41) is 3.46. The molecular formula is C13H18FNO. The van der Waals surface area contributed by atoms with Crippen LogP contribution >= 0.6 is 0 Å². The number of halogens is 1. The van der Waals surface area contributed by atoms with Crippen LogP contribution in [0, 0.1) is 5.82 Å². The van der Waals surface area contributed by atoms with Gasteiger partial charge in [-0.2, -0.15) is 0 Å². The predicted octanol–water partition coefficient (Wildman–Crippen LogP) is 2.14. The molecule has 0 spiro atoms. The zero-order valence-corrected chi connectivity index (χ0v) is 9.58. The molecular weight excluding hydrogens is 205 g/mol. The fourth-order valence-electron chi connectivity index (χ4n) is 2.28. The molecule has 0 saturated carbocycles. The van der Waals surface area contributed by atoms with E-state index in [0.29, 0.717) is 6.04 Å². The third-order valence-electron chi connectivity index (χ3n) is 3.19. The average Bonchev–Trinajstić information content (AvgIpc) is 2.33. The summed E-state index contributed by atoms with van der Waals surface area (Å²) in [6.45, 7) is 1.05. The molecule has 16 heavy (non-hydrogen) atoms. The minimum Gasteiger partial charge on any atom is -0.380 e. The van der Waals surface area contributed by atoms with E-state index in [1.54, 1.807) is 7.11 Å². The van der Waals surface area contributed by atoms with Gasteiger partial charge >= 0.3 is 0 Å². The molecule has 2 atom stereocenters. The minimum atomic E-state index is -0.177. The summed E-state index contributed by atoms with van der Waals surface area (Å²) >= 11 is 0. The minimum absolute atomic E-state index is 0.177. The Labute approximate surface area is 95.8 Å². The van der Waals surface area contributed by atoms with Gasteiger partial charge in [-0.05, 0) is 43.5 Å². The summed E-state index contributed by atoms with van der Waals surface area (Å²) in [5.41, 5.74) is 1.16. The molecule has 0 amide bonds. The first-order chi connectivity index (χ1) is 7.79. The third-order valence-corrected chi connectivity index (χ3v) is 3.19. The predicted molar refractivity (Wildman–Crippen MR) is 61.9 cm³/mol. The zero-order chi connectivity index (χ0) is 11.4. The smallest absolute Gasteiger partial charge is 0.123 e. The highest BCUT2D eigenvalue weighted by Crippen LogP contribution is 2.16. The van der Waals surface area contributed by atoms with Crippen LogP contribution in [0.5, 0.6) is 0 Å². The summed E-state index contributed by atoms with van der Waals surface area (Å²) < 4.78 is 18.2. The molecule has 0 aliphatic carbocycles. The van der Waals surface area contributed by atoms with Gasteiger partial charge in [0.15, 0.2) is 0 Å². The first-order valence-electron chi connectivity index (χ1n) is 5.80. The summed E-state index contributed by atoms with van der Waals surface area (Å²) in [5.74, 6) is -0.177. The molecule has 1 heterocycles. The van der Waals surface area contributed by atoms with E-state index in [-0.39, 0.29) is 11.9 Å². The van der Waals surface area contributed by atoms with E-state index in [1.165, 1.54) is 18.6 Å². The monoisotopic (exact) mass is 223 g/mol. The van der Waals surface area contributed by atoms with Crippen molar-refractivity contribution >= 4 is 0 Å². The lowest BCUT2D eigenvalue weighted by molar-refractivity contribution is 0.0457. The van der Waals surface area contributed by atoms with Crippen molar-refractivity contribution < 1.29 is 9.13 Å². The largest absolute Gasteiger partial charge is 0.380 e. The molecule has 1 saturated heterocycles. The van der Waals surface area contributed by atoms with Crippen molar-refractivity contribution in [1.82, 2.24) is 5.32 Å². The normalized spacial score (nSPS) is 25.6. The van der Waals surface area contributed by atoms with Gasteiger partial charge in [0.25, 0.3) is 0 Å². The van der Waals surface area contributed by atoms with Gasteiger partial charge in [0.05, 0.1) is 6.10 Å². The summed E-state index contributed by atoms with van der Waals surface area (Å²) in [6.07, 6.45) is 3.45. The Morgan fingerprint density at radius 2 is 2.12 bits per heavy atom. The number of ether oxygens (including phenoxy) is 1. The van der Waals surface area contributed by atoms with Gasteiger partial charge in [-0.1, -0.05) is 12.1 Å². The van der Waals surface area contributed by atoms with Crippen LogP contribution in [0.3, 0.4) is 0 Å². The van der Waals surface area contributed by atoms with Gasteiger partial charge in [-0.15, -0.1) is 0 Å². The van der Waals surface area contributed by atoms with Crippen LogP contribution in [0.1, 0.15) is 18.4 Å². The molecule has 0 unspecified atom stereocenters. The quantitative estimate of drug-likeness (QED) is 0.847. The fourth-order valence-corrected chi connectivity index (χ4v) is 2.28. The maximum absolute atomic E-state index is 12.8. The number of benzene rings is 1. The Hall–Kier alpha value is -0.930. The van der Waals surface area contributed by atoms with Gasteiger partial charge in [0.2, 0.25) is 0 Å². The van der Waals surface area contributed by atoms with Crippen molar-refractivity contribution in [3.05, 3.63) is 35.6 Å². The molecule has 1 N–H and O–H groups in total. The number of methoxy groups -OCH3 is 1. The molecule has 1 aliphatic rings. The SMILES string of the molecule is CO[C@H]1CCCN[C@H]1Cc1ccc(F)cc1. The first-order valence-corrected chi connectivity index (χ1v) is 5.80. The van der Waals surface area contributed by atoms with Crippen molar-refractivity contribution in [2.45, 2.75) is 31.4 Å². The third kappa shape index (κ3) is 2.80. The molecule has 0 radical (unpaired) electrons. The molecule has 1 aromatic rings. The van der Waals surface area contributed by atoms with Gasteiger partial charge in [-0.25, -0.2) is 4.39 Å². The van der Waals surface area contributed by atoms with Crippen molar-refractivity contribution in [1.29, 1.82) is 0 Å². The first kappa shape index (κ1) is 11.6. The van der Waals surface area contributed by atoms with Gasteiger partial charge in [0.1, 0.15) is 5.82 Å². The number of hydrogen-bond donors (Lipinski definition) is 1. The summed E-state index contributed by atoms with van der Waals surface area (Å²) in [4.78, 5) is 0. The van der Waals surface area contributed by atoms with Gasteiger partial charge < -0.3 is 10.1 Å². The molecule has 2 rings (SSSR count). The van der Waals surface area contributed by atoms with E-state index in [2.05, 4.69) is 5.32 Å². The van der Waals surface area contributed by atoms with E-state index < -0.39 is 0 Å². The van der Waals surface area contributed by atoms with Gasteiger partial charge in [0, 0.05) is 13.2 Å². The van der Waals surface area contributed by atoms with Crippen LogP contribution in [0.4, 0.5) is 4.39 Å². The van der Waals surface area contributed by atoms with Crippen molar-refractivity contribution in [3.8, 4) is 0 Å². The number of rotatable bonds is 3. The Morgan fingerprint density at radius 3 is 2.81 bits per heavy atom. The molecule has 1 aliphatic heterocycles. The number of hydrogen-bond acceptors (Lipinski definition) is 2. The second-order valence-corrected chi connectivity index (χ2v) is 4.31. The van der Waals surface area contributed by atoms with E-state index >= 15 is 0 Å². The lowest BCUT2D eigenvalue weighted by atomic mass is 9.95. The highest BCUT2D eigenvalue weighted by Gasteiger charge is 2.24. The Morgan fingerprint density at radius 1 is 1.38 bits per heavy atom. The highest BCUT2D eigenvalue weighted by molar-refractivity contribution is 5.17. The lowest BCUT2D eigenvalue weighted by Gasteiger charge is -2.31. The van der Waals surface area contributed by atoms with Crippen molar-refractivity contribution in [3.63, 3.8) is 0 Å². The van der Waals surface area contributed by atoms with E-state index in [4.69, 9.17) is 4.74 Å². The molecule has 1 fully saturated rings. The van der Waals surface area contributed by atoms with Crippen LogP contribution in [0.2, 0.25) is 0 Å². The van der Waals surface area contributed by atoms with Crippen LogP contribution in [-0.2, 0) is 11.2 Å². The average molecular weight is 223 g/mol. The van der Waals surface area contributed by atoms with Crippen LogP contribution in [0.15, 0.2) is 24.3 Å². The molecule has 1 aromatic carbocycles. The molecule has 88 valence electrons. The van der Waals surface area contributed by atoms with Crippen LogP contribution in [0.25, 0.3) is 0 Å². The van der Waals surface area contributed by atoms with E-state index in [0.717, 1.165) is 24.9 Å². The number of piperidine rings is 1. The zero-order valence-electron chi connectivity index (χ0n) is 9.58. The maximum Gasteiger partial charge on any atom is 0.123 e. The highest BCUT2D eigenvalue weighted by atomic mass is 19.1. The Balaban J connectivity index is 1.99. The van der Waals surface area contributed by atoms with Crippen molar-refractivity contribution in [2.24, 2.45) is 0 Å². The molecule has 0 aromatic heterocycles.